The zero-order chi connectivity index (χ0) is 12.1. The number of hydrogen-bond acceptors (Lipinski definition) is 3. The lowest BCUT2D eigenvalue weighted by molar-refractivity contribution is 0.0731. The second kappa shape index (κ2) is 6.41. The summed E-state index contributed by atoms with van der Waals surface area (Å²) in [6, 6.07) is 0.366. The second-order valence-electron chi connectivity index (χ2n) is 4.95. The Morgan fingerprint density at radius 1 is 1.41 bits per heavy atom. The lowest BCUT2D eigenvalue weighted by atomic mass is 9.89. The fourth-order valence-electron chi connectivity index (χ4n) is 2.88. The maximum absolute atomic E-state index is 5.81. The number of hydrogen-bond donors (Lipinski definition) is 1. The number of nitrogens with one attached hydrogen (secondary N) is 1. The summed E-state index contributed by atoms with van der Waals surface area (Å²) in [5, 5.41) is 3.64. The van der Waals surface area contributed by atoms with E-state index in [0.29, 0.717) is 18.1 Å². The molecule has 2 aliphatic heterocycles. The van der Waals surface area contributed by atoms with E-state index in [-0.39, 0.29) is 0 Å². The van der Waals surface area contributed by atoms with E-state index in [1.54, 1.807) is 0 Å². The van der Waals surface area contributed by atoms with Crippen molar-refractivity contribution in [1.29, 1.82) is 0 Å². The average molecular weight is 239 g/mol. The first-order chi connectivity index (χ1) is 8.36. The first kappa shape index (κ1) is 12.9. The van der Waals surface area contributed by atoms with Crippen molar-refractivity contribution in [3.8, 4) is 0 Å². The van der Waals surface area contributed by atoms with Gasteiger partial charge in [0.2, 0.25) is 0 Å². The van der Waals surface area contributed by atoms with E-state index < -0.39 is 0 Å². The molecule has 1 fully saturated rings. The van der Waals surface area contributed by atoms with Gasteiger partial charge in [-0.05, 0) is 31.9 Å². The Kier molecular flexibility index (Phi) is 4.86. The fourth-order valence-corrected chi connectivity index (χ4v) is 2.88. The summed E-state index contributed by atoms with van der Waals surface area (Å²) >= 11 is 0. The largest absolute Gasteiger partial charge is 0.496 e. The Balaban J connectivity index is 2.03. The average Bonchev–Trinajstić information content (AvgIpc) is 3.00. The molecule has 1 N–H and O–H groups in total. The van der Waals surface area contributed by atoms with Crippen LogP contribution in [-0.2, 0) is 9.47 Å². The molecule has 98 valence electrons. The first-order valence-electron chi connectivity index (χ1n) is 7.04. The van der Waals surface area contributed by atoms with Gasteiger partial charge in [0.15, 0.2) is 0 Å². The normalized spacial score (nSPS) is 30.1. The van der Waals surface area contributed by atoms with Crippen molar-refractivity contribution >= 4 is 0 Å². The van der Waals surface area contributed by atoms with Gasteiger partial charge in [0, 0.05) is 18.9 Å². The van der Waals surface area contributed by atoms with Crippen LogP contribution in [0.25, 0.3) is 0 Å². The Morgan fingerprint density at radius 3 is 2.94 bits per heavy atom. The van der Waals surface area contributed by atoms with Crippen molar-refractivity contribution in [3.63, 3.8) is 0 Å². The van der Waals surface area contributed by atoms with Gasteiger partial charge >= 0.3 is 0 Å². The molecule has 0 amide bonds. The summed E-state index contributed by atoms with van der Waals surface area (Å²) in [6.07, 6.45) is 7.12. The molecule has 3 atom stereocenters. The van der Waals surface area contributed by atoms with E-state index in [1.165, 1.54) is 0 Å². The van der Waals surface area contributed by atoms with Crippen molar-refractivity contribution in [1.82, 2.24) is 5.32 Å². The third kappa shape index (κ3) is 3.02. The summed E-state index contributed by atoms with van der Waals surface area (Å²) < 4.78 is 11.6. The molecule has 0 spiro atoms. The van der Waals surface area contributed by atoms with Crippen LogP contribution in [0.2, 0.25) is 0 Å². The fraction of sp³-hybridized carbons (Fsp3) is 0.857. The predicted octanol–water partition coefficient (Wildman–Crippen LogP) is 2.47. The highest BCUT2D eigenvalue weighted by atomic mass is 16.5. The summed E-state index contributed by atoms with van der Waals surface area (Å²) in [5.41, 5.74) is 0. The molecule has 0 aromatic rings. The SMILES string of the molecule is CCCNC(C1=CCCO1)C1CCOC1CC. The highest BCUT2D eigenvalue weighted by Crippen LogP contribution is 2.31. The third-order valence-electron chi connectivity index (χ3n) is 3.74. The van der Waals surface area contributed by atoms with Crippen molar-refractivity contribution in [3.05, 3.63) is 11.8 Å². The van der Waals surface area contributed by atoms with E-state index in [1.807, 2.05) is 0 Å². The second-order valence-corrected chi connectivity index (χ2v) is 4.95. The highest BCUT2D eigenvalue weighted by Gasteiger charge is 2.36. The Bertz CT molecular complexity index is 265. The van der Waals surface area contributed by atoms with E-state index >= 15 is 0 Å². The minimum atomic E-state index is 0.366. The van der Waals surface area contributed by atoms with Gasteiger partial charge < -0.3 is 14.8 Å². The summed E-state index contributed by atoms with van der Waals surface area (Å²) in [5.74, 6) is 1.74. The first-order valence-corrected chi connectivity index (χ1v) is 7.04. The highest BCUT2D eigenvalue weighted by molar-refractivity contribution is 5.11. The molecule has 3 heteroatoms. The molecule has 17 heavy (non-hydrogen) atoms. The molecule has 3 nitrogen and oxygen atoms in total. The lowest BCUT2D eigenvalue weighted by Gasteiger charge is -2.28. The Morgan fingerprint density at radius 2 is 2.29 bits per heavy atom. The number of ether oxygens (including phenoxy) is 2. The van der Waals surface area contributed by atoms with Crippen LogP contribution in [0.1, 0.15) is 39.5 Å². The van der Waals surface area contributed by atoms with E-state index in [2.05, 4.69) is 25.2 Å². The molecular formula is C14H25NO2. The van der Waals surface area contributed by atoms with Crippen molar-refractivity contribution in [2.45, 2.75) is 51.7 Å². The van der Waals surface area contributed by atoms with Crippen molar-refractivity contribution in [2.24, 2.45) is 5.92 Å². The third-order valence-corrected chi connectivity index (χ3v) is 3.74. The van der Waals surface area contributed by atoms with Crippen LogP contribution < -0.4 is 5.32 Å². The van der Waals surface area contributed by atoms with Crippen molar-refractivity contribution < 1.29 is 9.47 Å². The summed E-state index contributed by atoms with van der Waals surface area (Å²) in [7, 11) is 0. The number of rotatable bonds is 6. The summed E-state index contributed by atoms with van der Waals surface area (Å²) in [4.78, 5) is 0. The minimum Gasteiger partial charge on any atom is -0.496 e. The van der Waals surface area contributed by atoms with Gasteiger partial charge in [0.1, 0.15) is 5.76 Å². The van der Waals surface area contributed by atoms with E-state index in [4.69, 9.17) is 9.47 Å². The van der Waals surface area contributed by atoms with Gasteiger partial charge in [-0.25, -0.2) is 0 Å². The molecule has 2 aliphatic rings. The van der Waals surface area contributed by atoms with Crippen LogP contribution in [0.3, 0.4) is 0 Å². The van der Waals surface area contributed by atoms with Crippen LogP contribution >= 0.6 is 0 Å². The standard InChI is InChI=1S/C14H25NO2/c1-3-8-15-14(13-6-5-9-16-13)11-7-10-17-12(11)4-2/h6,11-12,14-15H,3-5,7-10H2,1-2H3. The Hall–Kier alpha value is -0.540. The maximum Gasteiger partial charge on any atom is 0.109 e. The Labute approximate surface area is 105 Å². The molecule has 0 saturated carbocycles. The molecule has 2 rings (SSSR count). The van der Waals surface area contributed by atoms with Gasteiger partial charge in [-0.1, -0.05) is 13.8 Å². The quantitative estimate of drug-likeness (QED) is 0.772. The molecule has 2 heterocycles. The molecule has 0 bridgehead atoms. The molecule has 0 aromatic heterocycles. The molecular weight excluding hydrogens is 214 g/mol. The van der Waals surface area contributed by atoms with Crippen LogP contribution in [-0.4, -0.2) is 31.9 Å². The molecule has 0 aromatic carbocycles. The van der Waals surface area contributed by atoms with Crippen molar-refractivity contribution in [2.75, 3.05) is 19.8 Å². The zero-order valence-electron chi connectivity index (χ0n) is 11.1. The molecule has 0 aliphatic carbocycles. The van der Waals surface area contributed by atoms with Crippen LogP contribution in [0.5, 0.6) is 0 Å². The van der Waals surface area contributed by atoms with Crippen LogP contribution in [0.15, 0.2) is 11.8 Å². The summed E-state index contributed by atoms with van der Waals surface area (Å²) in [6.45, 7) is 7.23. The van der Waals surface area contributed by atoms with Crippen LogP contribution in [0.4, 0.5) is 0 Å². The van der Waals surface area contributed by atoms with E-state index in [9.17, 15) is 0 Å². The smallest absolute Gasteiger partial charge is 0.109 e. The molecule has 0 radical (unpaired) electrons. The molecule has 1 saturated heterocycles. The van der Waals surface area contributed by atoms with E-state index in [0.717, 1.165) is 51.2 Å². The minimum absolute atomic E-state index is 0.366. The zero-order valence-corrected chi connectivity index (χ0v) is 11.1. The van der Waals surface area contributed by atoms with Gasteiger partial charge in [0.25, 0.3) is 0 Å². The van der Waals surface area contributed by atoms with Gasteiger partial charge in [0.05, 0.1) is 18.8 Å². The van der Waals surface area contributed by atoms with Gasteiger partial charge in [-0.15, -0.1) is 0 Å². The topological polar surface area (TPSA) is 30.5 Å². The molecule has 3 unspecified atom stereocenters. The predicted molar refractivity (Wildman–Crippen MR) is 68.9 cm³/mol. The monoisotopic (exact) mass is 239 g/mol. The maximum atomic E-state index is 5.81. The van der Waals surface area contributed by atoms with Gasteiger partial charge in [-0.3, -0.25) is 0 Å². The van der Waals surface area contributed by atoms with Crippen LogP contribution in [0, 0.1) is 5.92 Å². The van der Waals surface area contributed by atoms with Gasteiger partial charge in [-0.2, -0.15) is 0 Å². The lowest BCUT2D eigenvalue weighted by Crippen LogP contribution is -2.41.